The number of terminal acetylenes is 1. The first kappa shape index (κ1) is 40.5. The van der Waals surface area contributed by atoms with Crippen molar-refractivity contribution in [2.75, 3.05) is 62.9 Å². The molecule has 1 N–H and O–H groups in total. The van der Waals surface area contributed by atoms with Crippen LogP contribution in [0.2, 0.25) is 0 Å². The average Bonchev–Trinajstić information content (AvgIpc) is 3.86. The number of anilines is 1. The van der Waals surface area contributed by atoms with Gasteiger partial charge in [0.05, 0.1) is 30.1 Å². The molecule has 2 aromatic carbocycles. The van der Waals surface area contributed by atoms with E-state index in [1.807, 2.05) is 4.90 Å². The van der Waals surface area contributed by atoms with Gasteiger partial charge in [-0.25, -0.2) is 18.0 Å². The van der Waals surface area contributed by atoms with E-state index in [4.69, 9.17) is 20.6 Å². The van der Waals surface area contributed by atoms with Gasteiger partial charge in [0.1, 0.15) is 48.0 Å². The number of hydrogen-bond acceptors (Lipinski definition) is 13. The standard InChI is InChI=1S/C33H31F2N5O6S2.C7H12FN/c1-4-23-26(34)8-5-19-13-22(42)14-24(27(19)23)29-28(35)30-25(15-36-29)31(38-32(37-30)44-3)39-16-20-6-7-21(17-39)40(20)33(43)46-10-12-48-47-11-9-45-18(2)41;8-6-4-7-2-1-3-9(7)5-6/h1,5,8,13-15,20-21,42H,6-7,9-12,16-17H2,2-3H3;6-7H,1-5H2/t;6-,7?/m.1/s1. The second-order valence-corrected chi connectivity index (χ2v) is 17.0. The van der Waals surface area contributed by atoms with Crippen LogP contribution in [0.15, 0.2) is 30.5 Å². The number of rotatable bonds is 10. The maximum absolute atomic E-state index is 16.5. The Morgan fingerprint density at radius 1 is 1.02 bits per heavy atom. The zero-order chi connectivity index (χ0) is 40.2. The van der Waals surface area contributed by atoms with Crippen LogP contribution in [0.1, 0.15) is 44.6 Å². The number of hydrogen-bond donors (Lipinski definition) is 1. The molecule has 3 unspecified atom stereocenters. The zero-order valence-corrected chi connectivity index (χ0v) is 33.2. The van der Waals surface area contributed by atoms with Gasteiger partial charge in [-0.05, 0) is 62.2 Å². The number of pyridine rings is 1. The van der Waals surface area contributed by atoms with Gasteiger partial charge in [-0.3, -0.25) is 19.6 Å². The van der Waals surface area contributed by atoms with Gasteiger partial charge in [0, 0.05) is 61.3 Å². The molecule has 8 rings (SSSR count). The van der Waals surface area contributed by atoms with E-state index < -0.39 is 17.8 Å². The Hall–Kier alpha value is -4.66. The number of halogens is 3. The molecule has 4 saturated heterocycles. The number of carbonyl (C=O) groups excluding carboxylic acids is 2. The number of aromatic nitrogens is 3. The largest absolute Gasteiger partial charge is 0.508 e. The summed E-state index contributed by atoms with van der Waals surface area (Å²) < 4.78 is 59.6. The van der Waals surface area contributed by atoms with Gasteiger partial charge in [0.2, 0.25) is 0 Å². The minimum atomic E-state index is -0.818. The SMILES string of the molecule is C#Cc1c(F)ccc2cc(O)cc(-c3ncc4c(N5CC6CCC(C5)N6C(=O)OCCSSCCOC(C)=O)nc(OC)nc4c3F)c12.F[C@@H]1CC2CCCN2C1. The molecule has 302 valence electrons. The fourth-order valence-electron chi connectivity index (χ4n) is 8.27. The van der Waals surface area contributed by atoms with E-state index in [-0.39, 0.29) is 70.2 Å². The number of carbonyl (C=O) groups is 2. The molecule has 0 radical (unpaired) electrons. The molecule has 2 bridgehead atoms. The topological polar surface area (TPSA) is 130 Å². The van der Waals surface area contributed by atoms with Gasteiger partial charge in [-0.1, -0.05) is 33.6 Å². The molecule has 57 heavy (non-hydrogen) atoms. The first-order valence-corrected chi connectivity index (χ1v) is 21.3. The molecule has 4 fully saturated rings. The van der Waals surface area contributed by atoms with Crippen molar-refractivity contribution in [2.45, 2.75) is 63.3 Å². The second kappa shape index (κ2) is 17.9. The minimum Gasteiger partial charge on any atom is -0.508 e. The first-order chi connectivity index (χ1) is 27.6. The molecular formula is C40H43F3N6O6S2. The van der Waals surface area contributed by atoms with Crippen molar-refractivity contribution < 1.29 is 42.1 Å². The maximum Gasteiger partial charge on any atom is 0.410 e. The molecular weight excluding hydrogens is 782 g/mol. The van der Waals surface area contributed by atoms with E-state index in [1.54, 1.807) is 15.7 Å². The van der Waals surface area contributed by atoms with Gasteiger partial charge in [0.15, 0.2) is 5.82 Å². The molecule has 6 heterocycles. The second-order valence-electron chi connectivity index (χ2n) is 14.3. The normalized spacial score (nSPS) is 21.3. The Bertz CT molecular complexity index is 2170. The van der Waals surface area contributed by atoms with Crippen molar-refractivity contribution in [3.63, 3.8) is 0 Å². The summed E-state index contributed by atoms with van der Waals surface area (Å²) in [5, 5.41) is 11.4. The lowest BCUT2D eigenvalue weighted by molar-refractivity contribution is -0.140. The number of nitrogens with zero attached hydrogens (tertiary/aromatic N) is 6. The summed E-state index contributed by atoms with van der Waals surface area (Å²) in [5.74, 6) is 2.01. The van der Waals surface area contributed by atoms with Crippen LogP contribution in [0.3, 0.4) is 0 Å². The van der Waals surface area contributed by atoms with Crippen LogP contribution >= 0.6 is 21.6 Å². The van der Waals surface area contributed by atoms with Gasteiger partial charge in [-0.2, -0.15) is 9.97 Å². The van der Waals surface area contributed by atoms with Crippen LogP contribution in [-0.2, 0) is 14.3 Å². The number of fused-ring (bicyclic) bond motifs is 5. The average molecular weight is 825 g/mol. The van der Waals surface area contributed by atoms with Gasteiger partial charge >= 0.3 is 18.1 Å². The first-order valence-electron chi connectivity index (χ1n) is 18.8. The Kier molecular flexibility index (Phi) is 12.7. The van der Waals surface area contributed by atoms with Crippen LogP contribution in [0.25, 0.3) is 32.9 Å². The molecule has 4 aliphatic rings. The Morgan fingerprint density at radius 3 is 2.44 bits per heavy atom. The van der Waals surface area contributed by atoms with Crippen LogP contribution in [0, 0.1) is 24.0 Å². The Balaban J connectivity index is 0.000000480. The molecule has 1 amide bonds. The number of amides is 1. The van der Waals surface area contributed by atoms with Crippen molar-refractivity contribution >= 4 is 61.1 Å². The molecule has 4 atom stereocenters. The number of ether oxygens (including phenoxy) is 3. The summed E-state index contributed by atoms with van der Waals surface area (Å²) in [6, 6.07) is 5.60. The third-order valence-corrected chi connectivity index (χ3v) is 13.0. The highest BCUT2D eigenvalue weighted by atomic mass is 33.1. The Morgan fingerprint density at radius 2 is 1.75 bits per heavy atom. The molecule has 0 spiro atoms. The summed E-state index contributed by atoms with van der Waals surface area (Å²) in [5.41, 5.74) is -0.217. The molecule has 4 aromatic rings. The minimum absolute atomic E-state index is 0.0675. The summed E-state index contributed by atoms with van der Waals surface area (Å²) in [7, 11) is 4.46. The highest BCUT2D eigenvalue weighted by Crippen LogP contribution is 2.40. The molecule has 0 saturated carbocycles. The highest BCUT2D eigenvalue weighted by molar-refractivity contribution is 8.76. The van der Waals surface area contributed by atoms with Crippen molar-refractivity contribution in [2.24, 2.45) is 0 Å². The van der Waals surface area contributed by atoms with Crippen molar-refractivity contribution in [1.82, 2.24) is 24.8 Å². The number of phenolic OH excluding ortho intramolecular Hbond substituents is 1. The number of esters is 1. The smallest absolute Gasteiger partial charge is 0.410 e. The summed E-state index contributed by atoms with van der Waals surface area (Å²) in [6.45, 7) is 4.65. The number of benzene rings is 2. The number of methoxy groups -OCH3 is 1. The van der Waals surface area contributed by atoms with E-state index in [0.717, 1.165) is 25.8 Å². The lowest BCUT2D eigenvalue weighted by Crippen LogP contribution is -2.56. The van der Waals surface area contributed by atoms with E-state index >= 15 is 4.39 Å². The molecule has 17 heteroatoms. The predicted molar refractivity (Wildman–Crippen MR) is 214 cm³/mol. The van der Waals surface area contributed by atoms with Gasteiger partial charge in [0.25, 0.3) is 0 Å². The van der Waals surface area contributed by atoms with Crippen LogP contribution in [0.5, 0.6) is 11.8 Å². The fourth-order valence-corrected chi connectivity index (χ4v) is 9.92. The van der Waals surface area contributed by atoms with Crippen molar-refractivity contribution in [3.8, 4) is 35.4 Å². The lowest BCUT2D eigenvalue weighted by Gasteiger charge is -2.41. The van der Waals surface area contributed by atoms with E-state index in [2.05, 4.69) is 25.8 Å². The van der Waals surface area contributed by atoms with Crippen LogP contribution < -0.4 is 9.64 Å². The quantitative estimate of drug-likeness (QED) is 0.0785. The van der Waals surface area contributed by atoms with Crippen LogP contribution in [0.4, 0.5) is 23.8 Å². The van der Waals surface area contributed by atoms with E-state index in [0.29, 0.717) is 60.4 Å². The Labute approximate surface area is 336 Å². The highest BCUT2D eigenvalue weighted by Gasteiger charge is 2.44. The summed E-state index contributed by atoms with van der Waals surface area (Å²) >= 11 is 0. The van der Waals surface area contributed by atoms with Crippen LogP contribution in [-0.4, -0.2) is 124 Å². The lowest BCUT2D eigenvalue weighted by atomic mass is 9.96. The third-order valence-electron chi connectivity index (χ3n) is 10.7. The van der Waals surface area contributed by atoms with E-state index in [9.17, 15) is 23.5 Å². The molecule has 0 aliphatic carbocycles. The van der Waals surface area contributed by atoms with Crippen molar-refractivity contribution in [3.05, 3.63) is 47.7 Å². The summed E-state index contributed by atoms with van der Waals surface area (Å²) in [6.07, 6.45) is 11.0. The van der Waals surface area contributed by atoms with Gasteiger partial charge < -0.3 is 24.2 Å². The molecule has 4 aliphatic heterocycles. The molecule has 2 aromatic heterocycles. The monoisotopic (exact) mass is 824 g/mol. The number of aromatic hydroxyl groups is 1. The number of piperazine rings is 1. The molecule has 12 nitrogen and oxygen atoms in total. The van der Waals surface area contributed by atoms with Gasteiger partial charge in [-0.15, -0.1) is 6.42 Å². The predicted octanol–water partition coefficient (Wildman–Crippen LogP) is 6.75. The third kappa shape index (κ3) is 8.78. The fraction of sp³-hybridized carbons (Fsp3) is 0.475. The van der Waals surface area contributed by atoms with E-state index in [1.165, 1.54) is 68.1 Å². The summed E-state index contributed by atoms with van der Waals surface area (Å²) in [4.78, 5) is 43.2. The number of phenols is 1. The number of alkyl halides is 1. The maximum atomic E-state index is 16.5. The zero-order valence-electron chi connectivity index (χ0n) is 31.6. The van der Waals surface area contributed by atoms with Crippen molar-refractivity contribution in [1.29, 1.82) is 0 Å².